The minimum atomic E-state index is -0.174. The fraction of sp³-hybridized carbons (Fsp3) is 0.300. The Kier molecular flexibility index (Phi) is 5.46. The van der Waals surface area contributed by atoms with E-state index in [0.29, 0.717) is 12.1 Å². The Morgan fingerprint density at radius 1 is 1.16 bits per heavy atom. The fourth-order valence-electron chi connectivity index (χ4n) is 3.13. The van der Waals surface area contributed by atoms with Gasteiger partial charge in [0.1, 0.15) is 0 Å². The first-order valence-corrected chi connectivity index (χ1v) is 8.61. The third kappa shape index (κ3) is 4.25. The number of benzene rings is 2. The van der Waals surface area contributed by atoms with Gasteiger partial charge >= 0.3 is 0 Å². The van der Waals surface area contributed by atoms with Gasteiger partial charge in [0.25, 0.3) is 0 Å². The number of nitrogens with zero attached hydrogens (tertiary/aromatic N) is 1. The zero-order valence-electron chi connectivity index (χ0n) is 14.4. The summed E-state index contributed by atoms with van der Waals surface area (Å²) in [5.74, 6) is -0.0863. The van der Waals surface area contributed by atoms with Crippen molar-refractivity contribution in [3.63, 3.8) is 0 Å². The van der Waals surface area contributed by atoms with Crippen LogP contribution in [0.2, 0.25) is 0 Å². The molecule has 25 heavy (non-hydrogen) atoms. The summed E-state index contributed by atoms with van der Waals surface area (Å²) in [6, 6.07) is 17.4. The van der Waals surface area contributed by atoms with Gasteiger partial charge in [-0.15, -0.1) is 0 Å². The molecule has 0 saturated carbocycles. The van der Waals surface area contributed by atoms with E-state index in [1.165, 1.54) is 5.56 Å². The van der Waals surface area contributed by atoms with Crippen LogP contribution in [0.25, 0.3) is 0 Å². The molecule has 2 aromatic rings. The van der Waals surface area contributed by atoms with Crippen LogP contribution in [0.3, 0.4) is 0 Å². The normalized spacial score (nSPS) is 16.8. The van der Waals surface area contributed by atoms with Gasteiger partial charge in [-0.1, -0.05) is 42.5 Å². The molecule has 0 aliphatic carbocycles. The summed E-state index contributed by atoms with van der Waals surface area (Å²) in [6.07, 6.45) is 1.17. The first-order valence-electron chi connectivity index (χ1n) is 8.61. The van der Waals surface area contributed by atoms with Crippen LogP contribution in [0.15, 0.2) is 54.6 Å². The molecule has 1 heterocycles. The lowest BCUT2D eigenvalue weighted by atomic mass is 10.1. The molecule has 2 aromatic carbocycles. The van der Waals surface area contributed by atoms with Gasteiger partial charge in [0.15, 0.2) is 0 Å². The van der Waals surface area contributed by atoms with Crippen molar-refractivity contribution in [3.8, 4) is 0 Å². The highest BCUT2D eigenvalue weighted by atomic mass is 16.2. The monoisotopic (exact) mass is 337 g/mol. The number of amides is 2. The zero-order valence-corrected chi connectivity index (χ0v) is 14.4. The predicted molar refractivity (Wildman–Crippen MR) is 99.7 cm³/mol. The second kappa shape index (κ2) is 7.94. The number of hydrogen-bond donors (Lipinski definition) is 2. The molecule has 5 nitrogen and oxygen atoms in total. The molecule has 0 bridgehead atoms. The van der Waals surface area contributed by atoms with Gasteiger partial charge in [-0.25, -0.2) is 0 Å². The lowest BCUT2D eigenvalue weighted by Gasteiger charge is -2.28. The summed E-state index contributed by atoms with van der Waals surface area (Å²) >= 11 is 0. The number of carbonyl (C=O) groups is 2. The highest BCUT2D eigenvalue weighted by Crippen LogP contribution is 2.31. The van der Waals surface area contributed by atoms with Crippen molar-refractivity contribution in [1.82, 2.24) is 5.32 Å². The minimum absolute atomic E-state index is 0.0236. The molecule has 1 aliphatic rings. The number of rotatable bonds is 5. The summed E-state index contributed by atoms with van der Waals surface area (Å²) in [6.45, 7) is 2.89. The van der Waals surface area contributed by atoms with Crippen LogP contribution >= 0.6 is 0 Å². The van der Waals surface area contributed by atoms with E-state index in [1.807, 2.05) is 49.4 Å². The smallest absolute Gasteiger partial charge is 0.241 e. The molecule has 2 N–H and O–H groups in total. The number of fused-ring (bicyclic) bond motifs is 1. The molecule has 5 heteroatoms. The van der Waals surface area contributed by atoms with Crippen LogP contribution < -0.4 is 15.5 Å². The van der Waals surface area contributed by atoms with Gasteiger partial charge in [-0.05, 0) is 37.6 Å². The highest BCUT2D eigenvalue weighted by Gasteiger charge is 2.28. The second-order valence-electron chi connectivity index (χ2n) is 6.29. The lowest BCUT2D eigenvalue weighted by molar-refractivity contribution is -0.118. The highest BCUT2D eigenvalue weighted by molar-refractivity contribution is 6.04. The van der Waals surface area contributed by atoms with E-state index in [4.69, 9.17) is 0 Å². The van der Waals surface area contributed by atoms with Gasteiger partial charge in [0, 0.05) is 12.5 Å². The Morgan fingerprint density at radius 2 is 1.88 bits per heavy atom. The van der Waals surface area contributed by atoms with Crippen LogP contribution in [0, 0.1) is 0 Å². The minimum Gasteiger partial charge on any atom is -0.324 e. The van der Waals surface area contributed by atoms with Gasteiger partial charge in [0.05, 0.1) is 17.9 Å². The molecule has 3 rings (SSSR count). The maximum absolute atomic E-state index is 12.8. The molecule has 2 amide bonds. The van der Waals surface area contributed by atoms with Gasteiger partial charge in [0.2, 0.25) is 11.8 Å². The number of anilines is 2. The Hall–Kier alpha value is -2.66. The third-order valence-corrected chi connectivity index (χ3v) is 4.34. The van der Waals surface area contributed by atoms with E-state index in [1.54, 1.807) is 4.90 Å². The molecule has 130 valence electrons. The Balaban J connectivity index is 1.63. The maximum atomic E-state index is 12.8. The Labute approximate surface area is 148 Å². The van der Waals surface area contributed by atoms with Crippen molar-refractivity contribution >= 4 is 23.2 Å². The number of nitrogens with one attached hydrogen (secondary N) is 2. The molecule has 1 atom stereocenters. The second-order valence-corrected chi connectivity index (χ2v) is 6.29. The van der Waals surface area contributed by atoms with Crippen molar-refractivity contribution < 1.29 is 9.59 Å². The SMILES string of the molecule is C[C@@H]1CC(=O)Nc2ccccc2N1C(=O)CNCCc1ccccc1. The zero-order chi connectivity index (χ0) is 17.6. The van der Waals surface area contributed by atoms with Crippen LogP contribution in [-0.4, -0.2) is 30.9 Å². The summed E-state index contributed by atoms with van der Waals surface area (Å²) in [5.41, 5.74) is 2.69. The van der Waals surface area contributed by atoms with Crippen LogP contribution in [-0.2, 0) is 16.0 Å². The summed E-state index contributed by atoms with van der Waals surface area (Å²) in [5, 5.41) is 6.09. The average molecular weight is 337 g/mol. The summed E-state index contributed by atoms with van der Waals surface area (Å²) < 4.78 is 0. The predicted octanol–water partition coefficient (Wildman–Crippen LogP) is 2.58. The fourth-order valence-corrected chi connectivity index (χ4v) is 3.13. The summed E-state index contributed by atoms with van der Waals surface area (Å²) in [4.78, 5) is 26.5. The average Bonchev–Trinajstić information content (AvgIpc) is 2.73. The van der Waals surface area contributed by atoms with E-state index in [-0.39, 0.29) is 24.4 Å². The number of para-hydroxylation sites is 2. The number of carbonyl (C=O) groups excluding carboxylic acids is 2. The van der Waals surface area contributed by atoms with E-state index in [0.717, 1.165) is 18.7 Å². The lowest BCUT2D eigenvalue weighted by Crippen LogP contribution is -2.44. The standard InChI is InChI=1S/C20H23N3O2/c1-15-13-19(24)22-17-9-5-6-10-18(17)23(15)20(25)14-21-12-11-16-7-3-2-4-8-16/h2-10,15,21H,11-14H2,1H3,(H,22,24)/t15-/m1/s1. The Morgan fingerprint density at radius 3 is 2.68 bits per heavy atom. The van der Waals surface area contributed by atoms with Crippen LogP contribution in [0.1, 0.15) is 18.9 Å². The van der Waals surface area contributed by atoms with Crippen LogP contribution in [0.4, 0.5) is 11.4 Å². The van der Waals surface area contributed by atoms with Crippen molar-refractivity contribution in [2.24, 2.45) is 0 Å². The van der Waals surface area contributed by atoms with E-state index in [2.05, 4.69) is 22.8 Å². The van der Waals surface area contributed by atoms with E-state index >= 15 is 0 Å². The molecule has 0 radical (unpaired) electrons. The van der Waals surface area contributed by atoms with E-state index in [9.17, 15) is 9.59 Å². The Bertz CT molecular complexity index is 746. The van der Waals surface area contributed by atoms with Crippen molar-refractivity contribution in [1.29, 1.82) is 0 Å². The topological polar surface area (TPSA) is 61.4 Å². The summed E-state index contributed by atoms with van der Waals surface area (Å²) in [7, 11) is 0. The van der Waals surface area contributed by atoms with Gasteiger partial charge in [-0.2, -0.15) is 0 Å². The molecular formula is C20H23N3O2. The first kappa shape index (κ1) is 17.2. The van der Waals surface area contributed by atoms with Crippen LogP contribution in [0.5, 0.6) is 0 Å². The van der Waals surface area contributed by atoms with Crippen molar-refractivity contribution in [2.75, 3.05) is 23.3 Å². The van der Waals surface area contributed by atoms with Gasteiger partial charge < -0.3 is 15.5 Å². The molecule has 1 aliphatic heterocycles. The van der Waals surface area contributed by atoms with E-state index < -0.39 is 0 Å². The first-order chi connectivity index (χ1) is 12.1. The molecule has 0 saturated heterocycles. The number of hydrogen-bond acceptors (Lipinski definition) is 3. The molecule has 0 spiro atoms. The quantitative estimate of drug-likeness (QED) is 0.825. The molecule has 0 unspecified atom stereocenters. The third-order valence-electron chi connectivity index (χ3n) is 4.34. The molecule has 0 aromatic heterocycles. The van der Waals surface area contributed by atoms with Gasteiger partial charge in [-0.3, -0.25) is 9.59 Å². The molecular weight excluding hydrogens is 314 g/mol. The molecule has 0 fully saturated rings. The van der Waals surface area contributed by atoms with Crippen molar-refractivity contribution in [2.45, 2.75) is 25.8 Å². The largest absolute Gasteiger partial charge is 0.324 e. The van der Waals surface area contributed by atoms with Crippen molar-refractivity contribution in [3.05, 3.63) is 60.2 Å². The maximum Gasteiger partial charge on any atom is 0.241 e.